The summed E-state index contributed by atoms with van der Waals surface area (Å²) in [7, 11) is 1.89. The lowest BCUT2D eigenvalue weighted by atomic mass is 9.99. The molecule has 2 aromatic heterocycles. The van der Waals surface area contributed by atoms with Gasteiger partial charge in [0.05, 0.1) is 18.1 Å². The fraction of sp³-hybridized carbons (Fsp3) is 0.250. The molecule has 9 heteroatoms. The number of fused-ring (bicyclic) bond motifs is 1. The molecule has 1 N–H and O–H groups in total. The predicted molar refractivity (Wildman–Crippen MR) is 106 cm³/mol. The molecule has 1 saturated heterocycles. The molecular weight excluding hydrogens is 390 g/mol. The summed E-state index contributed by atoms with van der Waals surface area (Å²) in [4.78, 5) is 38.1. The molecule has 4 heterocycles. The number of imide groups is 1. The standard InChI is InChI=1S/C20H17N5O3S/c1-24-18(13-7-22-29-10-13)15(8-21-24)11-2-3-14-12(6-11)9-25(20(14)28)16-4-5-17(26)23-19(16)27/h2-3,6-8,10,16H,4-5,9H2,1H3,(H,23,26,27)/t16-/m0/s1. The van der Waals surface area contributed by atoms with Crippen LogP contribution in [0, 0.1) is 0 Å². The highest BCUT2D eigenvalue weighted by Crippen LogP contribution is 2.35. The summed E-state index contributed by atoms with van der Waals surface area (Å²) >= 11 is 1.38. The third kappa shape index (κ3) is 2.85. The molecule has 5 rings (SSSR count). The Morgan fingerprint density at radius 1 is 1.14 bits per heavy atom. The number of carbonyl (C=O) groups excluding carboxylic acids is 3. The number of nitrogens with one attached hydrogen (secondary N) is 1. The summed E-state index contributed by atoms with van der Waals surface area (Å²) in [6, 6.07) is 5.09. The summed E-state index contributed by atoms with van der Waals surface area (Å²) in [6.07, 6.45) is 4.22. The fourth-order valence-electron chi connectivity index (χ4n) is 4.05. The maximum absolute atomic E-state index is 12.9. The molecule has 0 radical (unpaired) electrons. The van der Waals surface area contributed by atoms with Crippen LogP contribution in [0.25, 0.3) is 22.4 Å². The van der Waals surface area contributed by atoms with Crippen molar-refractivity contribution in [1.82, 2.24) is 24.4 Å². The molecule has 29 heavy (non-hydrogen) atoms. The van der Waals surface area contributed by atoms with E-state index in [1.807, 2.05) is 47.7 Å². The normalized spacial score (nSPS) is 18.9. The van der Waals surface area contributed by atoms with Crippen LogP contribution in [-0.4, -0.2) is 42.8 Å². The monoisotopic (exact) mass is 407 g/mol. The fourth-order valence-corrected chi connectivity index (χ4v) is 4.58. The zero-order valence-corrected chi connectivity index (χ0v) is 16.4. The number of carbonyl (C=O) groups is 3. The van der Waals surface area contributed by atoms with Gasteiger partial charge in [-0.3, -0.25) is 24.4 Å². The number of rotatable bonds is 3. The molecule has 0 spiro atoms. The maximum atomic E-state index is 12.9. The Balaban J connectivity index is 1.49. The van der Waals surface area contributed by atoms with Crippen LogP contribution in [0.5, 0.6) is 0 Å². The van der Waals surface area contributed by atoms with Crippen LogP contribution in [-0.2, 0) is 23.2 Å². The topological polar surface area (TPSA) is 97.2 Å². The Bertz CT molecular complexity index is 1150. The Labute approximate surface area is 170 Å². The van der Waals surface area contributed by atoms with Gasteiger partial charge in [0, 0.05) is 42.1 Å². The van der Waals surface area contributed by atoms with E-state index < -0.39 is 11.9 Å². The number of nitrogens with zero attached hydrogens (tertiary/aromatic N) is 4. The number of aromatic nitrogens is 3. The summed E-state index contributed by atoms with van der Waals surface area (Å²) in [5.41, 5.74) is 5.34. The van der Waals surface area contributed by atoms with Crippen molar-refractivity contribution in [3.8, 4) is 22.4 Å². The number of aryl methyl sites for hydroxylation is 1. The molecule has 8 nitrogen and oxygen atoms in total. The van der Waals surface area contributed by atoms with Gasteiger partial charge in [0.15, 0.2) is 0 Å². The second-order valence-electron chi connectivity index (χ2n) is 7.22. The van der Waals surface area contributed by atoms with Gasteiger partial charge >= 0.3 is 0 Å². The van der Waals surface area contributed by atoms with Crippen LogP contribution in [0.15, 0.2) is 36.0 Å². The third-order valence-corrected chi connectivity index (χ3v) is 6.07. The molecule has 0 unspecified atom stereocenters. The molecule has 0 aliphatic carbocycles. The van der Waals surface area contributed by atoms with Crippen LogP contribution in [0.2, 0.25) is 0 Å². The zero-order chi connectivity index (χ0) is 20.1. The molecule has 3 aromatic rings. The van der Waals surface area contributed by atoms with E-state index in [0.29, 0.717) is 18.5 Å². The minimum Gasteiger partial charge on any atom is -0.322 e. The Hall–Kier alpha value is -3.33. The minimum atomic E-state index is -0.609. The second-order valence-corrected chi connectivity index (χ2v) is 7.87. The lowest BCUT2D eigenvalue weighted by molar-refractivity contribution is -0.136. The third-order valence-electron chi connectivity index (χ3n) is 5.48. The number of amides is 3. The lowest BCUT2D eigenvalue weighted by Gasteiger charge is -2.29. The largest absolute Gasteiger partial charge is 0.322 e. The first-order chi connectivity index (χ1) is 14.0. The van der Waals surface area contributed by atoms with E-state index in [0.717, 1.165) is 27.9 Å². The van der Waals surface area contributed by atoms with Gasteiger partial charge in [-0.1, -0.05) is 6.07 Å². The summed E-state index contributed by atoms with van der Waals surface area (Å²) in [5.74, 6) is -0.860. The first-order valence-electron chi connectivity index (χ1n) is 9.22. The molecule has 2 aliphatic heterocycles. The zero-order valence-electron chi connectivity index (χ0n) is 15.6. The van der Waals surface area contributed by atoms with Crippen molar-refractivity contribution in [3.63, 3.8) is 0 Å². The first kappa shape index (κ1) is 17.7. The minimum absolute atomic E-state index is 0.172. The number of benzene rings is 1. The van der Waals surface area contributed by atoms with Crippen LogP contribution >= 0.6 is 11.5 Å². The van der Waals surface area contributed by atoms with Gasteiger partial charge in [-0.2, -0.15) is 5.10 Å². The van der Waals surface area contributed by atoms with E-state index in [4.69, 9.17) is 0 Å². The molecule has 1 atom stereocenters. The van der Waals surface area contributed by atoms with Crippen LogP contribution in [0.1, 0.15) is 28.8 Å². The van der Waals surface area contributed by atoms with E-state index in [1.54, 1.807) is 4.90 Å². The van der Waals surface area contributed by atoms with Crippen molar-refractivity contribution in [2.75, 3.05) is 0 Å². The second kappa shape index (κ2) is 6.63. The highest BCUT2D eigenvalue weighted by Gasteiger charge is 2.39. The van der Waals surface area contributed by atoms with Crippen LogP contribution in [0.3, 0.4) is 0 Å². The van der Waals surface area contributed by atoms with Gasteiger partial charge in [0.1, 0.15) is 6.04 Å². The quantitative estimate of drug-likeness (QED) is 0.670. The molecule has 3 amide bonds. The van der Waals surface area contributed by atoms with E-state index in [1.165, 1.54) is 11.5 Å². The highest BCUT2D eigenvalue weighted by atomic mass is 32.1. The average molecular weight is 407 g/mol. The van der Waals surface area contributed by atoms with Crippen molar-refractivity contribution in [2.24, 2.45) is 7.05 Å². The van der Waals surface area contributed by atoms with Gasteiger partial charge in [0.25, 0.3) is 5.91 Å². The Morgan fingerprint density at radius 3 is 2.76 bits per heavy atom. The Kier molecular flexibility index (Phi) is 4.06. The van der Waals surface area contributed by atoms with E-state index >= 15 is 0 Å². The van der Waals surface area contributed by atoms with E-state index in [-0.39, 0.29) is 18.2 Å². The van der Waals surface area contributed by atoms with Gasteiger partial charge in [-0.15, -0.1) is 0 Å². The van der Waals surface area contributed by atoms with Crippen molar-refractivity contribution in [3.05, 3.63) is 47.1 Å². The van der Waals surface area contributed by atoms with Gasteiger partial charge in [0.2, 0.25) is 11.8 Å². The van der Waals surface area contributed by atoms with Crippen LogP contribution < -0.4 is 5.32 Å². The Morgan fingerprint density at radius 2 is 2.00 bits per heavy atom. The highest BCUT2D eigenvalue weighted by molar-refractivity contribution is 7.03. The summed E-state index contributed by atoms with van der Waals surface area (Å²) in [6.45, 7) is 0.351. The molecule has 1 fully saturated rings. The van der Waals surface area contributed by atoms with Crippen LogP contribution in [0.4, 0.5) is 0 Å². The average Bonchev–Trinajstić information content (AvgIpc) is 3.41. The molecular formula is C20H17N5O3S. The molecule has 1 aromatic carbocycles. The first-order valence-corrected chi connectivity index (χ1v) is 10.1. The van der Waals surface area contributed by atoms with Crippen molar-refractivity contribution in [2.45, 2.75) is 25.4 Å². The maximum Gasteiger partial charge on any atom is 0.255 e. The SMILES string of the molecule is Cn1ncc(-c2ccc3c(c2)CN([C@H]2CCC(=O)NC2=O)C3=O)c1-c1cnsc1. The number of hydrogen-bond acceptors (Lipinski definition) is 6. The van der Waals surface area contributed by atoms with Crippen molar-refractivity contribution < 1.29 is 14.4 Å². The molecule has 0 saturated carbocycles. The lowest BCUT2D eigenvalue weighted by Crippen LogP contribution is -2.52. The summed E-state index contributed by atoms with van der Waals surface area (Å²) < 4.78 is 6.00. The van der Waals surface area contributed by atoms with Gasteiger partial charge < -0.3 is 4.90 Å². The van der Waals surface area contributed by atoms with Gasteiger partial charge in [-0.05, 0) is 41.2 Å². The van der Waals surface area contributed by atoms with E-state index in [9.17, 15) is 14.4 Å². The molecule has 146 valence electrons. The van der Waals surface area contributed by atoms with Crippen molar-refractivity contribution in [1.29, 1.82) is 0 Å². The van der Waals surface area contributed by atoms with Crippen molar-refractivity contribution >= 4 is 29.3 Å². The predicted octanol–water partition coefficient (Wildman–Crippen LogP) is 1.97. The summed E-state index contributed by atoms with van der Waals surface area (Å²) in [5, 5.41) is 8.70. The molecule has 2 aliphatic rings. The number of piperidine rings is 1. The number of hydrogen-bond donors (Lipinski definition) is 1. The smallest absolute Gasteiger partial charge is 0.255 e. The van der Waals surface area contributed by atoms with E-state index in [2.05, 4.69) is 14.8 Å². The van der Waals surface area contributed by atoms with Gasteiger partial charge in [-0.25, -0.2) is 4.37 Å². The molecule has 0 bridgehead atoms.